The van der Waals surface area contributed by atoms with Crippen LogP contribution in [0.1, 0.15) is 33.6 Å². The number of aryl methyl sites for hydroxylation is 1. The Hall–Kier alpha value is -7.58. The first-order chi connectivity index (χ1) is 32.5. The van der Waals surface area contributed by atoms with Gasteiger partial charge in [-0.15, -0.1) is 11.3 Å². The lowest BCUT2D eigenvalue weighted by atomic mass is 9.98. The molecule has 2 aliphatic heterocycles. The van der Waals surface area contributed by atoms with Gasteiger partial charge in [0.1, 0.15) is 36.0 Å². The maximum atomic E-state index is 14.7. The molecule has 1 aromatic heterocycles. The Balaban J connectivity index is 1.23. The highest BCUT2D eigenvalue weighted by Gasteiger charge is 2.35. The average molecular weight is 920 g/mol. The lowest BCUT2D eigenvalue weighted by Crippen LogP contribution is -2.60. The number of carbonyl (C=O) groups is 6. The standard InChI is InChI=1S/C53H53N5O8S/c1-58(47(53(64)65)32-36-14-7-3-8-15-36)52(63)46-31-38-21-26-41(27-22-38)66-34-48(59)54-45(33-42-18-11-29-67-42)51(62)56-44(30-37-19-24-40(25-20-37)39-16-9-4-10-17-39)50(61)55-43(49(60)57-46)28-23-35-12-5-2-6-13-35/h2-22,24-27,29,43-47H,23,28,30-34H2,1H3,(H,54,59)(H,55,61)(H,56,62)(H,57,60)(H,64,65)/t43-,44+,45-,46-,47-/m0/s1. The van der Waals surface area contributed by atoms with Crippen LogP contribution < -0.4 is 26.0 Å². The highest BCUT2D eigenvalue weighted by molar-refractivity contribution is 7.09. The molecule has 0 saturated heterocycles. The monoisotopic (exact) mass is 919 g/mol. The number of hydrogen-bond acceptors (Lipinski definition) is 8. The average Bonchev–Trinajstić information content (AvgIpc) is 3.87. The van der Waals surface area contributed by atoms with Crippen molar-refractivity contribution in [2.75, 3.05) is 13.7 Å². The maximum absolute atomic E-state index is 14.7. The normalized spacial score (nSPS) is 18.6. The predicted octanol–water partition coefficient (Wildman–Crippen LogP) is 5.56. The van der Waals surface area contributed by atoms with Gasteiger partial charge in [0.05, 0.1) is 0 Å². The summed E-state index contributed by atoms with van der Waals surface area (Å²) in [5.74, 6) is -4.07. The van der Waals surface area contributed by atoms with Crippen molar-refractivity contribution in [3.63, 3.8) is 0 Å². The third-order valence-electron chi connectivity index (χ3n) is 11.7. The van der Waals surface area contributed by atoms with Gasteiger partial charge in [-0.25, -0.2) is 4.79 Å². The van der Waals surface area contributed by atoms with Crippen molar-refractivity contribution >= 4 is 46.8 Å². The van der Waals surface area contributed by atoms with Gasteiger partial charge in [-0.2, -0.15) is 0 Å². The summed E-state index contributed by atoms with van der Waals surface area (Å²) in [4.78, 5) is 86.4. The second kappa shape index (κ2) is 23.0. The van der Waals surface area contributed by atoms with E-state index in [1.165, 1.54) is 18.4 Å². The van der Waals surface area contributed by atoms with Crippen molar-refractivity contribution < 1.29 is 38.6 Å². The Labute approximate surface area is 393 Å². The molecule has 3 heterocycles. The van der Waals surface area contributed by atoms with Crippen LogP contribution in [0.15, 0.2) is 157 Å². The highest BCUT2D eigenvalue weighted by atomic mass is 32.1. The third-order valence-corrected chi connectivity index (χ3v) is 12.6. The van der Waals surface area contributed by atoms with E-state index < -0.39 is 72.3 Å². The molecule has 5 amide bonds. The Morgan fingerprint density at radius 2 is 1.22 bits per heavy atom. The van der Waals surface area contributed by atoms with Gasteiger partial charge in [0, 0.05) is 37.6 Å². The van der Waals surface area contributed by atoms with E-state index in [0.717, 1.165) is 32.0 Å². The molecule has 14 heteroatoms. The molecule has 0 saturated carbocycles. The number of hydrogen-bond donors (Lipinski definition) is 5. The van der Waals surface area contributed by atoms with Crippen LogP contribution in [0.3, 0.4) is 0 Å². The molecule has 0 radical (unpaired) electrons. The molecule has 5 atom stereocenters. The van der Waals surface area contributed by atoms with E-state index in [0.29, 0.717) is 23.3 Å². The minimum atomic E-state index is -1.28. The number of nitrogens with zero attached hydrogens (tertiary/aromatic N) is 1. The molecular formula is C53H53N5O8S. The largest absolute Gasteiger partial charge is 0.484 e. The van der Waals surface area contributed by atoms with E-state index in [1.54, 1.807) is 48.5 Å². The number of aliphatic carboxylic acids is 1. The van der Waals surface area contributed by atoms with Gasteiger partial charge in [-0.3, -0.25) is 24.0 Å². The van der Waals surface area contributed by atoms with Crippen molar-refractivity contribution in [2.45, 2.75) is 68.7 Å². The lowest BCUT2D eigenvalue weighted by molar-refractivity contribution is -0.150. The van der Waals surface area contributed by atoms with Crippen molar-refractivity contribution in [1.82, 2.24) is 26.2 Å². The second-order valence-electron chi connectivity index (χ2n) is 16.5. The SMILES string of the molecule is CN(C(=O)[C@@H]1Cc2ccc(cc2)OCC(=O)N[C@@H](Cc2cccs2)C(=O)N[C@H](Cc2ccc(-c3ccccc3)cc2)C(=O)N[C@@H](CCc2ccccc2)C(=O)N1)[C@@H](Cc1ccccc1)C(=O)O. The number of ether oxygens (including phenoxy) is 1. The first-order valence-electron chi connectivity index (χ1n) is 22.2. The van der Waals surface area contributed by atoms with Gasteiger partial charge in [-0.05, 0) is 69.8 Å². The quantitative estimate of drug-likeness (QED) is 0.0934. The van der Waals surface area contributed by atoms with Crippen LogP contribution in [0.2, 0.25) is 0 Å². The number of fused-ring (bicyclic) bond motifs is 16. The molecule has 6 aromatic rings. The van der Waals surface area contributed by atoms with Crippen LogP contribution in [0, 0.1) is 0 Å². The van der Waals surface area contributed by atoms with Crippen molar-refractivity contribution in [2.24, 2.45) is 0 Å². The van der Waals surface area contributed by atoms with E-state index in [4.69, 9.17) is 4.74 Å². The lowest BCUT2D eigenvalue weighted by Gasteiger charge is -2.31. The van der Waals surface area contributed by atoms with Gasteiger partial charge in [0.15, 0.2) is 6.61 Å². The predicted molar refractivity (Wildman–Crippen MR) is 256 cm³/mol. The fraction of sp³-hybridized carbons (Fsp3) is 0.245. The topological polar surface area (TPSA) is 183 Å². The Kier molecular flexibility index (Phi) is 16.3. The number of carboxylic acid groups (broad SMARTS) is 1. The zero-order valence-corrected chi connectivity index (χ0v) is 37.8. The number of thiophene rings is 1. The molecule has 13 nitrogen and oxygen atoms in total. The fourth-order valence-electron chi connectivity index (χ4n) is 7.96. The smallest absolute Gasteiger partial charge is 0.326 e. The van der Waals surface area contributed by atoms with E-state index in [1.807, 2.05) is 109 Å². The summed E-state index contributed by atoms with van der Waals surface area (Å²) >= 11 is 1.42. The molecule has 344 valence electrons. The van der Waals surface area contributed by atoms with E-state index in [9.17, 15) is 33.9 Å². The fourth-order valence-corrected chi connectivity index (χ4v) is 8.71. The van der Waals surface area contributed by atoms with Crippen LogP contribution in [0.4, 0.5) is 0 Å². The number of carbonyl (C=O) groups excluding carboxylic acids is 5. The van der Waals surface area contributed by atoms with Gasteiger partial charge in [0.2, 0.25) is 23.6 Å². The number of benzene rings is 5. The zero-order chi connectivity index (χ0) is 47.1. The van der Waals surface area contributed by atoms with Crippen LogP contribution in [-0.4, -0.2) is 89.4 Å². The van der Waals surface area contributed by atoms with Gasteiger partial charge in [0.25, 0.3) is 5.91 Å². The number of rotatable bonds is 13. The number of carboxylic acids is 1. The van der Waals surface area contributed by atoms with Crippen molar-refractivity contribution in [1.29, 1.82) is 0 Å². The molecule has 0 unspecified atom stereocenters. The summed E-state index contributed by atoms with van der Waals surface area (Å²) in [6.07, 6.45) is 0.619. The summed E-state index contributed by atoms with van der Waals surface area (Å²) < 4.78 is 5.82. The van der Waals surface area contributed by atoms with E-state index in [2.05, 4.69) is 21.3 Å². The van der Waals surface area contributed by atoms with Gasteiger partial charge < -0.3 is 36.0 Å². The summed E-state index contributed by atoms with van der Waals surface area (Å²) in [6.45, 7) is -0.422. The minimum absolute atomic E-state index is 0.0186. The Bertz CT molecular complexity index is 2600. The molecule has 2 aliphatic rings. The summed E-state index contributed by atoms with van der Waals surface area (Å²) in [5.41, 5.74) is 4.89. The molecule has 0 spiro atoms. The molecular weight excluding hydrogens is 867 g/mol. The maximum Gasteiger partial charge on any atom is 0.326 e. The van der Waals surface area contributed by atoms with Crippen LogP contribution in [0.5, 0.6) is 5.75 Å². The Morgan fingerprint density at radius 1 is 0.642 bits per heavy atom. The molecule has 0 aliphatic carbocycles. The second-order valence-corrected chi connectivity index (χ2v) is 17.5. The molecule has 0 fully saturated rings. The zero-order valence-electron chi connectivity index (χ0n) is 37.0. The van der Waals surface area contributed by atoms with Crippen LogP contribution in [-0.2, 0) is 60.9 Å². The van der Waals surface area contributed by atoms with Gasteiger partial charge >= 0.3 is 5.97 Å². The van der Waals surface area contributed by atoms with Crippen molar-refractivity contribution in [3.05, 3.63) is 184 Å². The summed E-state index contributed by atoms with van der Waals surface area (Å²) in [6, 6.07) is 40.0. The first-order valence-corrected chi connectivity index (χ1v) is 23.0. The van der Waals surface area contributed by atoms with Gasteiger partial charge in [-0.1, -0.05) is 133 Å². The third kappa shape index (κ3) is 13.5. The van der Waals surface area contributed by atoms with Crippen molar-refractivity contribution in [3.8, 4) is 16.9 Å². The van der Waals surface area contributed by atoms with Crippen LogP contribution in [0.25, 0.3) is 11.1 Å². The van der Waals surface area contributed by atoms with E-state index >= 15 is 0 Å². The molecule has 2 bridgehead atoms. The molecule has 5 N–H and O–H groups in total. The number of likely N-dealkylation sites (N-methyl/N-ethyl adjacent to an activating group) is 1. The number of nitrogens with one attached hydrogen (secondary N) is 4. The number of amides is 5. The Morgan fingerprint density at radius 3 is 1.85 bits per heavy atom. The first kappa shape index (κ1) is 47.4. The molecule has 8 rings (SSSR count). The molecule has 67 heavy (non-hydrogen) atoms. The summed E-state index contributed by atoms with van der Waals surface area (Å²) in [5, 5.41) is 23.7. The molecule has 5 aromatic carbocycles. The van der Waals surface area contributed by atoms with E-state index in [-0.39, 0.29) is 32.1 Å². The minimum Gasteiger partial charge on any atom is -0.484 e. The van der Waals surface area contributed by atoms with Crippen LogP contribution >= 0.6 is 11.3 Å². The summed E-state index contributed by atoms with van der Waals surface area (Å²) in [7, 11) is 1.40. The highest BCUT2D eigenvalue weighted by Crippen LogP contribution is 2.21.